The van der Waals surface area contributed by atoms with Crippen LogP contribution in [0.15, 0.2) is 0 Å². The minimum Gasteiger partial charge on any atom is -0.319 e. The first-order valence-electron chi connectivity index (χ1n) is 5.87. The lowest BCUT2D eigenvalue weighted by molar-refractivity contribution is 0.440. The molecule has 0 unspecified atom stereocenters. The molecule has 0 saturated heterocycles. The van der Waals surface area contributed by atoms with Gasteiger partial charge in [0.25, 0.3) is 0 Å². The first-order chi connectivity index (χ1) is 7.40. The smallest absolute Gasteiger partial charge is 0.120 e. The maximum atomic E-state index is 4.33. The van der Waals surface area contributed by atoms with Crippen LogP contribution in [0.2, 0.25) is 0 Å². The quantitative estimate of drug-likeness (QED) is 0.854. The molecule has 0 aliphatic heterocycles. The van der Waals surface area contributed by atoms with Crippen LogP contribution in [0.3, 0.4) is 0 Å². The molecule has 15 heavy (non-hydrogen) atoms. The molecule has 0 atom stereocenters. The molecule has 1 aromatic rings. The van der Waals surface area contributed by atoms with E-state index < -0.39 is 0 Å². The molecule has 1 saturated carbocycles. The van der Waals surface area contributed by atoms with Gasteiger partial charge >= 0.3 is 0 Å². The molecule has 0 spiro atoms. The SMILES string of the molecule is CNCCc1nnc(C2CCCCC2)s1. The number of hydrogen-bond acceptors (Lipinski definition) is 4. The standard InChI is InChI=1S/C11H19N3S/c1-12-8-7-10-13-14-11(15-10)9-5-3-2-4-6-9/h9,12H,2-8H2,1H3. The topological polar surface area (TPSA) is 37.8 Å². The number of nitrogens with zero attached hydrogens (tertiary/aromatic N) is 2. The van der Waals surface area contributed by atoms with Crippen LogP contribution in [-0.4, -0.2) is 23.8 Å². The van der Waals surface area contributed by atoms with Gasteiger partial charge in [0, 0.05) is 18.9 Å². The Labute approximate surface area is 95.3 Å². The van der Waals surface area contributed by atoms with Crippen LogP contribution >= 0.6 is 11.3 Å². The summed E-state index contributed by atoms with van der Waals surface area (Å²) in [5.41, 5.74) is 0. The zero-order chi connectivity index (χ0) is 10.5. The Hall–Kier alpha value is -0.480. The predicted octanol–water partition coefficient (Wildman–Crippen LogP) is 2.35. The summed E-state index contributed by atoms with van der Waals surface area (Å²) in [6.45, 7) is 0.999. The van der Waals surface area contributed by atoms with E-state index in [1.807, 2.05) is 18.4 Å². The van der Waals surface area contributed by atoms with Crippen LogP contribution < -0.4 is 5.32 Å². The summed E-state index contributed by atoms with van der Waals surface area (Å²) in [5.74, 6) is 0.708. The molecule has 1 heterocycles. The zero-order valence-electron chi connectivity index (χ0n) is 9.33. The summed E-state index contributed by atoms with van der Waals surface area (Å²) in [6.07, 6.45) is 7.80. The molecular formula is C11H19N3S. The highest BCUT2D eigenvalue weighted by atomic mass is 32.1. The fourth-order valence-electron chi connectivity index (χ4n) is 2.11. The van der Waals surface area contributed by atoms with Crippen molar-refractivity contribution < 1.29 is 0 Å². The fraction of sp³-hybridized carbons (Fsp3) is 0.818. The highest BCUT2D eigenvalue weighted by molar-refractivity contribution is 7.11. The van der Waals surface area contributed by atoms with Crippen molar-refractivity contribution in [1.82, 2.24) is 15.5 Å². The summed E-state index contributed by atoms with van der Waals surface area (Å²) in [7, 11) is 1.98. The monoisotopic (exact) mass is 225 g/mol. The second kappa shape index (κ2) is 5.56. The second-order valence-electron chi connectivity index (χ2n) is 4.22. The minimum absolute atomic E-state index is 0.708. The second-order valence-corrected chi connectivity index (χ2v) is 5.32. The Morgan fingerprint density at radius 1 is 1.27 bits per heavy atom. The fourth-order valence-corrected chi connectivity index (χ4v) is 3.13. The predicted molar refractivity (Wildman–Crippen MR) is 63.4 cm³/mol. The maximum Gasteiger partial charge on any atom is 0.120 e. The van der Waals surface area contributed by atoms with E-state index in [1.165, 1.54) is 42.1 Å². The van der Waals surface area contributed by atoms with Crippen LogP contribution in [0.1, 0.15) is 48.0 Å². The van der Waals surface area contributed by atoms with Gasteiger partial charge in [-0.15, -0.1) is 21.5 Å². The molecule has 1 fully saturated rings. The van der Waals surface area contributed by atoms with Gasteiger partial charge in [-0.05, 0) is 19.9 Å². The molecule has 2 rings (SSSR count). The largest absolute Gasteiger partial charge is 0.319 e. The van der Waals surface area contributed by atoms with Gasteiger partial charge in [-0.25, -0.2) is 0 Å². The van der Waals surface area contributed by atoms with E-state index in [0.717, 1.165) is 13.0 Å². The van der Waals surface area contributed by atoms with E-state index >= 15 is 0 Å². The maximum absolute atomic E-state index is 4.33. The van der Waals surface area contributed by atoms with Crippen molar-refractivity contribution >= 4 is 11.3 Å². The summed E-state index contributed by atoms with van der Waals surface area (Å²) in [6, 6.07) is 0. The number of likely N-dealkylation sites (N-methyl/N-ethyl adjacent to an activating group) is 1. The molecule has 0 aromatic carbocycles. The first kappa shape index (κ1) is 11.0. The number of nitrogens with one attached hydrogen (secondary N) is 1. The molecule has 84 valence electrons. The van der Waals surface area contributed by atoms with Crippen LogP contribution in [0, 0.1) is 0 Å². The Kier molecular flexibility index (Phi) is 4.09. The van der Waals surface area contributed by atoms with Crippen molar-refractivity contribution in [3.05, 3.63) is 10.0 Å². The highest BCUT2D eigenvalue weighted by Gasteiger charge is 2.19. The van der Waals surface area contributed by atoms with Crippen LogP contribution in [0.5, 0.6) is 0 Å². The van der Waals surface area contributed by atoms with Gasteiger partial charge in [-0.2, -0.15) is 0 Å². The van der Waals surface area contributed by atoms with Crippen LogP contribution in [0.25, 0.3) is 0 Å². The average Bonchev–Trinajstić information content (AvgIpc) is 2.76. The van der Waals surface area contributed by atoms with Crippen molar-refractivity contribution in [3.8, 4) is 0 Å². The van der Waals surface area contributed by atoms with Gasteiger partial charge in [0.05, 0.1) is 0 Å². The molecule has 4 heteroatoms. The summed E-state index contributed by atoms with van der Waals surface area (Å²) >= 11 is 1.82. The Balaban J connectivity index is 1.93. The molecule has 0 radical (unpaired) electrons. The van der Waals surface area contributed by atoms with Gasteiger partial charge < -0.3 is 5.32 Å². The number of hydrogen-bond donors (Lipinski definition) is 1. The van der Waals surface area contributed by atoms with Gasteiger partial charge in [-0.3, -0.25) is 0 Å². The number of rotatable bonds is 4. The molecule has 0 amide bonds. The summed E-state index contributed by atoms with van der Waals surface area (Å²) in [4.78, 5) is 0. The summed E-state index contributed by atoms with van der Waals surface area (Å²) < 4.78 is 0. The molecule has 1 aliphatic carbocycles. The molecule has 1 N–H and O–H groups in total. The van der Waals surface area contributed by atoms with Crippen LogP contribution in [-0.2, 0) is 6.42 Å². The molecule has 0 bridgehead atoms. The lowest BCUT2D eigenvalue weighted by Crippen LogP contribution is -2.09. The highest BCUT2D eigenvalue weighted by Crippen LogP contribution is 2.33. The molecule has 1 aliphatic rings. The van der Waals surface area contributed by atoms with Crippen molar-refractivity contribution in [2.45, 2.75) is 44.4 Å². The van der Waals surface area contributed by atoms with Crippen LogP contribution in [0.4, 0.5) is 0 Å². The lowest BCUT2D eigenvalue weighted by Gasteiger charge is -2.18. The van der Waals surface area contributed by atoms with Crippen molar-refractivity contribution in [2.75, 3.05) is 13.6 Å². The van der Waals surface area contributed by atoms with Crippen molar-refractivity contribution in [2.24, 2.45) is 0 Å². The average molecular weight is 225 g/mol. The van der Waals surface area contributed by atoms with Crippen molar-refractivity contribution in [3.63, 3.8) is 0 Å². The third-order valence-electron chi connectivity index (χ3n) is 3.03. The van der Waals surface area contributed by atoms with Gasteiger partial charge in [0.2, 0.25) is 0 Å². The van der Waals surface area contributed by atoms with E-state index in [-0.39, 0.29) is 0 Å². The summed E-state index contributed by atoms with van der Waals surface area (Å²) in [5, 5.41) is 14.2. The first-order valence-corrected chi connectivity index (χ1v) is 6.68. The Bertz CT molecular complexity index is 292. The van der Waals surface area contributed by atoms with Gasteiger partial charge in [0.1, 0.15) is 10.0 Å². The van der Waals surface area contributed by atoms with Gasteiger partial charge in [0.15, 0.2) is 0 Å². The Morgan fingerprint density at radius 3 is 2.80 bits per heavy atom. The van der Waals surface area contributed by atoms with E-state index in [9.17, 15) is 0 Å². The third-order valence-corrected chi connectivity index (χ3v) is 4.17. The van der Waals surface area contributed by atoms with Gasteiger partial charge in [-0.1, -0.05) is 19.3 Å². The van der Waals surface area contributed by atoms with E-state index in [1.54, 1.807) is 0 Å². The Morgan fingerprint density at radius 2 is 2.07 bits per heavy atom. The molecule has 1 aromatic heterocycles. The third kappa shape index (κ3) is 2.98. The van der Waals surface area contributed by atoms with E-state index in [4.69, 9.17) is 0 Å². The zero-order valence-corrected chi connectivity index (χ0v) is 10.1. The van der Waals surface area contributed by atoms with Crippen molar-refractivity contribution in [1.29, 1.82) is 0 Å². The molecule has 3 nitrogen and oxygen atoms in total. The molecular weight excluding hydrogens is 206 g/mol. The van der Waals surface area contributed by atoms with E-state index in [2.05, 4.69) is 15.5 Å². The minimum atomic E-state index is 0.708. The van der Waals surface area contributed by atoms with E-state index in [0.29, 0.717) is 5.92 Å². The number of aromatic nitrogens is 2. The normalized spacial score (nSPS) is 18.2. The lowest BCUT2D eigenvalue weighted by atomic mass is 9.90.